The third-order valence-electron chi connectivity index (χ3n) is 3.46. The number of carbonyl (C=O) groups excluding carboxylic acids is 2. The molecule has 2 aromatic rings. The van der Waals surface area contributed by atoms with Crippen molar-refractivity contribution in [3.63, 3.8) is 0 Å². The summed E-state index contributed by atoms with van der Waals surface area (Å²) in [4.78, 5) is 34.1. The Bertz CT molecular complexity index is 943. The number of nitro benzene ring substituents is 1. The van der Waals surface area contributed by atoms with Crippen LogP contribution in [-0.4, -0.2) is 28.4 Å². The third-order valence-corrected chi connectivity index (χ3v) is 3.67. The molecule has 144 valence electrons. The van der Waals surface area contributed by atoms with Gasteiger partial charge in [-0.3, -0.25) is 25.0 Å². The molecule has 0 saturated heterocycles. The molecule has 28 heavy (non-hydrogen) atoms. The van der Waals surface area contributed by atoms with E-state index in [-0.39, 0.29) is 16.7 Å². The average Bonchev–Trinajstić information content (AvgIpc) is 2.67. The predicted molar refractivity (Wildman–Crippen MR) is 111 cm³/mol. The molecule has 0 fully saturated rings. The average molecular weight is 398 g/mol. The minimum absolute atomic E-state index is 0.0572. The fourth-order valence-corrected chi connectivity index (χ4v) is 2.45. The molecule has 3 N–H and O–H groups in total. The van der Waals surface area contributed by atoms with Gasteiger partial charge in [-0.05, 0) is 49.0 Å². The lowest BCUT2D eigenvalue weighted by molar-refractivity contribution is -0.384. The summed E-state index contributed by atoms with van der Waals surface area (Å²) >= 11 is 5.09. The Balaban J connectivity index is 1.95. The van der Waals surface area contributed by atoms with Crippen LogP contribution in [0.15, 0.2) is 54.6 Å². The first-order valence-corrected chi connectivity index (χ1v) is 8.72. The van der Waals surface area contributed by atoms with Crippen LogP contribution in [0.3, 0.4) is 0 Å². The highest BCUT2D eigenvalue weighted by Gasteiger charge is 2.07. The number of benzene rings is 2. The molecule has 0 saturated carbocycles. The standard InChI is InChI=1S/C19H18N4O4S/c1-2-20-18(25)14-6-4-7-15(12-14)21-19(28)22-17(24)10-9-13-5-3-8-16(11-13)23(26)27/h3-12H,2H2,1H3,(H,20,25)(H2,21,22,24,28)/b10-9+. The molecule has 0 aliphatic rings. The molecular formula is C19H18N4O4S. The van der Waals surface area contributed by atoms with Gasteiger partial charge >= 0.3 is 0 Å². The number of thiocarbonyl (C=S) groups is 1. The largest absolute Gasteiger partial charge is 0.352 e. The van der Waals surface area contributed by atoms with Crippen LogP contribution in [0.25, 0.3) is 6.08 Å². The molecule has 8 nitrogen and oxygen atoms in total. The van der Waals surface area contributed by atoms with Gasteiger partial charge in [0.2, 0.25) is 5.91 Å². The summed E-state index contributed by atoms with van der Waals surface area (Å²) in [6.45, 7) is 2.34. The fraction of sp³-hybridized carbons (Fsp3) is 0.105. The predicted octanol–water partition coefficient (Wildman–Crippen LogP) is 2.87. The smallest absolute Gasteiger partial charge is 0.270 e. The van der Waals surface area contributed by atoms with Crippen molar-refractivity contribution in [1.82, 2.24) is 10.6 Å². The second-order valence-corrected chi connectivity index (χ2v) is 5.98. The monoisotopic (exact) mass is 398 g/mol. The van der Waals surface area contributed by atoms with E-state index in [0.29, 0.717) is 23.4 Å². The van der Waals surface area contributed by atoms with Gasteiger partial charge in [-0.1, -0.05) is 18.2 Å². The summed E-state index contributed by atoms with van der Waals surface area (Å²) < 4.78 is 0. The van der Waals surface area contributed by atoms with Gasteiger partial charge in [-0.15, -0.1) is 0 Å². The summed E-state index contributed by atoms with van der Waals surface area (Å²) in [6.07, 6.45) is 2.67. The zero-order valence-electron chi connectivity index (χ0n) is 15.0. The van der Waals surface area contributed by atoms with Crippen molar-refractivity contribution in [3.05, 3.63) is 75.8 Å². The number of anilines is 1. The number of nitrogens with zero attached hydrogens (tertiary/aromatic N) is 1. The Hall–Kier alpha value is -3.59. The van der Waals surface area contributed by atoms with E-state index in [1.54, 1.807) is 30.3 Å². The minimum atomic E-state index is -0.509. The highest BCUT2D eigenvalue weighted by atomic mass is 32.1. The number of hydrogen-bond donors (Lipinski definition) is 3. The second kappa shape index (κ2) is 9.93. The van der Waals surface area contributed by atoms with Crippen molar-refractivity contribution in [1.29, 1.82) is 0 Å². The summed E-state index contributed by atoms with van der Waals surface area (Å²) in [5.41, 5.74) is 1.47. The number of carbonyl (C=O) groups is 2. The van der Waals surface area contributed by atoms with E-state index in [0.717, 1.165) is 0 Å². The van der Waals surface area contributed by atoms with Gasteiger partial charge in [0, 0.05) is 36.0 Å². The van der Waals surface area contributed by atoms with Crippen LogP contribution in [0.4, 0.5) is 11.4 Å². The van der Waals surface area contributed by atoms with Crippen molar-refractivity contribution in [2.75, 3.05) is 11.9 Å². The molecule has 0 aliphatic carbocycles. The van der Waals surface area contributed by atoms with Gasteiger partial charge in [-0.2, -0.15) is 0 Å². The minimum Gasteiger partial charge on any atom is -0.352 e. The lowest BCUT2D eigenvalue weighted by Gasteiger charge is -2.09. The van der Waals surface area contributed by atoms with Crippen LogP contribution in [-0.2, 0) is 4.79 Å². The van der Waals surface area contributed by atoms with E-state index in [9.17, 15) is 19.7 Å². The molecule has 0 heterocycles. The van der Waals surface area contributed by atoms with Crippen molar-refractivity contribution in [2.24, 2.45) is 0 Å². The van der Waals surface area contributed by atoms with Crippen LogP contribution in [0.2, 0.25) is 0 Å². The van der Waals surface area contributed by atoms with E-state index >= 15 is 0 Å². The number of rotatable bonds is 6. The number of amides is 2. The van der Waals surface area contributed by atoms with Gasteiger partial charge in [0.25, 0.3) is 11.6 Å². The van der Waals surface area contributed by atoms with Gasteiger partial charge in [-0.25, -0.2) is 0 Å². The Morgan fingerprint density at radius 3 is 2.64 bits per heavy atom. The Kier molecular flexibility index (Phi) is 7.35. The van der Waals surface area contributed by atoms with Gasteiger partial charge in [0.05, 0.1) is 4.92 Å². The topological polar surface area (TPSA) is 113 Å². The van der Waals surface area contributed by atoms with Crippen molar-refractivity contribution in [2.45, 2.75) is 6.92 Å². The third kappa shape index (κ3) is 6.29. The Morgan fingerprint density at radius 2 is 1.93 bits per heavy atom. The zero-order valence-corrected chi connectivity index (χ0v) is 15.8. The molecule has 0 spiro atoms. The second-order valence-electron chi connectivity index (χ2n) is 5.57. The lowest BCUT2D eigenvalue weighted by Crippen LogP contribution is -2.33. The van der Waals surface area contributed by atoms with Gasteiger partial charge in [0.15, 0.2) is 5.11 Å². The summed E-state index contributed by atoms with van der Waals surface area (Å²) in [5.74, 6) is -0.704. The molecule has 0 aromatic heterocycles. The SMILES string of the molecule is CCNC(=O)c1cccc(NC(=S)NC(=O)/C=C/c2cccc([N+](=O)[O-])c2)c1. The molecule has 0 atom stereocenters. The molecule has 0 aliphatic heterocycles. The molecule has 9 heteroatoms. The lowest BCUT2D eigenvalue weighted by atomic mass is 10.2. The number of non-ortho nitro benzene ring substituents is 1. The maximum absolute atomic E-state index is 12.0. The molecule has 0 unspecified atom stereocenters. The summed E-state index contributed by atoms with van der Waals surface area (Å²) in [7, 11) is 0. The van der Waals surface area contributed by atoms with Crippen molar-refractivity contribution < 1.29 is 14.5 Å². The van der Waals surface area contributed by atoms with Crippen LogP contribution in [0.1, 0.15) is 22.8 Å². The molecule has 0 bridgehead atoms. The van der Waals surface area contributed by atoms with Crippen molar-refractivity contribution in [3.8, 4) is 0 Å². The number of nitrogens with one attached hydrogen (secondary N) is 3. The molecular weight excluding hydrogens is 380 g/mol. The fourth-order valence-electron chi connectivity index (χ4n) is 2.23. The van der Waals surface area contributed by atoms with Crippen LogP contribution in [0, 0.1) is 10.1 Å². The van der Waals surface area contributed by atoms with Crippen molar-refractivity contribution >= 4 is 46.6 Å². The van der Waals surface area contributed by atoms with Gasteiger partial charge in [0.1, 0.15) is 0 Å². The number of hydrogen-bond acceptors (Lipinski definition) is 5. The molecule has 2 aromatic carbocycles. The normalized spacial score (nSPS) is 10.3. The van der Waals surface area contributed by atoms with E-state index in [4.69, 9.17) is 12.2 Å². The molecule has 2 amide bonds. The first-order chi connectivity index (χ1) is 13.4. The van der Waals surface area contributed by atoms with Crippen LogP contribution >= 0.6 is 12.2 Å². The van der Waals surface area contributed by atoms with E-state index in [1.807, 2.05) is 6.92 Å². The van der Waals surface area contributed by atoms with Crippen LogP contribution < -0.4 is 16.0 Å². The van der Waals surface area contributed by atoms with Gasteiger partial charge < -0.3 is 10.6 Å². The highest BCUT2D eigenvalue weighted by molar-refractivity contribution is 7.80. The first-order valence-electron chi connectivity index (χ1n) is 8.32. The Morgan fingerprint density at radius 1 is 1.18 bits per heavy atom. The van der Waals surface area contributed by atoms with E-state index in [1.165, 1.54) is 30.4 Å². The van der Waals surface area contributed by atoms with E-state index < -0.39 is 10.8 Å². The maximum atomic E-state index is 12.0. The van der Waals surface area contributed by atoms with Crippen LogP contribution in [0.5, 0.6) is 0 Å². The Labute approximate surface area is 166 Å². The summed E-state index contributed by atoms with van der Waals surface area (Å²) in [6, 6.07) is 12.6. The highest BCUT2D eigenvalue weighted by Crippen LogP contribution is 2.14. The first kappa shape index (κ1) is 20.7. The molecule has 2 rings (SSSR count). The van der Waals surface area contributed by atoms with E-state index in [2.05, 4.69) is 16.0 Å². The molecule has 0 radical (unpaired) electrons. The summed E-state index contributed by atoms with van der Waals surface area (Å²) in [5, 5.41) is 18.8. The number of nitro groups is 1. The zero-order chi connectivity index (χ0) is 20.5. The maximum Gasteiger partial charge on any atom is 0.270 e. The quantitative estimate of drug-likeness (QED) is 0.298.